The molecule has 0 bridgehead atoms. The molecule has 0 aliphatic rings. The average Bonchev–Trinajstić information content (AvgIpc) is 1.19. The summed E-state index contributed by atoms with van der Waals surface area (Å²) in [5.41, 5.74) is 0. The van der Waals surface area contributed by atoms with E-state index >= 15 is 0 Å². The zero-order chi connectivity index (χ0) is 121. The highest BCUT2D eigenvalue weighted by molar-refractivity contribution is 5.66. The van der Waals surface area contributed by atoms with Crippen molar-refractivity contribution in [3.05, 3.63) is 0 Å². The predicted molar refractivity (Wildman–Crippen MR) is 715 cm³/mol. The van der Waals surface area contributed by atoms with Crippen molar-refractivity contribution in [3.63, 3.8) is 0 Å². The second-order valence-electron chi connectivity index (χ2n) is 39.5. The van der Waals surface area contributed by atoms with Gasteiger partial charge in [0.1, 0.15) is 0 Å². The van der Waals surface area contributed by atoms with Crippen LogP contribution in [-0.4, -0.2) is 50.3 Å². The molecule has 8 heteroatoms. The molecule has 8 nitrogen and oxygen atoms in total. The van der Waals surface area contributed by atoms with E-state index in [0.717, 1.165) is 0 Å². The molecule has 942 valence electrons. The third-order valence-electron chi connectivity index (χ3n) is 21.5. The first kappa shape index (κ1) is 211. The van der Waals surface area contributed by atoms with Gasteiger partial charge in [0, 0.05) is 27.7 Å². The van der Waals surface area contributed by atoms with Crippen molar-refractivity contribution in [2.75, 3.05) is 26.4 Å². The van der Waals surface area contributed by atoms with Gasteiger partial charge in [-0.15, -0.1) is 0 Å². The van der Waals surface area contributed by atoms with Crippen LogP contribution in [-0.2, 0) is 38.1 Å². The van der Waals surface area contributed by atoms with Crippen molar-refractivity contribution in [2.24, 2.45) is 0 Å². The highest BCUT2D eigenvalue weighted by atomic mass is 16.5. The Hall–Kier alpha value is -2.12. The first-order valence-electron chi connectivity index (χ1n) is 68.8. The van der Waals surface area contributed by atoms with Gasteiger partial charge in [-0.3, -0.25) is 19.2 Å². The molecule has 0 atom stereocenters. The highest BCUT2D eigenvalue weighted by Gasteiger charge is 1.90. The van der Waals surface area contributed by atoms with Crippen molar-refractivity contribution in [1.82, 2.24) is 0 Å². The molecule has 0 aromatic rings. The summed E-state index contributed by atoms with van der Waals surface area (Å²) in [7, 11) is 0. The fraction of sp³-hybridized carbons (Fsp3) is 0.972. The van der Waals surface area contributed by atoms with Gasteiger partial charge in [0.05, 0.1) is 26.4 Å². The minimum Gasteiger partial charge on any atom is -0.466 e. The zero-order valence-corrected chi connectivity index (χ0v) is 117. The smallest absolute Gasteiger partial charge is 0.302 e. The number of unbranched alkanes of at least 4 members (excludes halogenated alkanes) is 63. The molecular weight excluding hydrogens is 1830 g/mol. The summed E-state index contributed by atoms with van der Waals surface area (Å²) in [4.78, 5) is 39.3. The van der Waals surface area contributed by atoms with E-state index in [0.29, 0.717) is 26.4 Å². The lowest BCUT2D eigenvalue weighted by molar-refractivity contribution is -0.141. The molecule has 0 fully saturated rings. The molecule has 0 heterocycles. The molecule has 0 rings (SSSR count). The van der Waals surface area contributed by atoms with Gasteiger partial charge >= 0.3 is 23.9 Å². The highest BCUT2D eigenvalue weighted by Crippen LogP contribution is 2.07. The third kappa shape index (κ3) is 576. The van der Waals surface area contributed by atoms with E-state index in [4.69, 9.17) is 0 Å². The van der Waals surface area contributed by atoms with E-state index in [-0.39, 0.29) is 23.9 Å². The Bertz CT molecular complexity index is 1100. The summed E-state index contributed by atoms with van der Waals surface area (Å²) < 4.78 is 17.6. The molecule has 150 heavy (non-hydrogen) atoms. The molecule has 0 aromatic heterocycles. The summed E-state index contributed by atoms with van der Waals surface area (Å²) in [5.74, 6) is -0.843. The van der Waals surface area contributed by atoms with Gasteiger partial charge in [0.25, 0.3) is 0 Å². The lowest BCUT2D eigenvalue weighted by Gasteiger charge is -1.89. The van der Waals surface area contributed by atoms with Gasteiger partial charge < -0.3 is 18.9 Å². The summed E-state index contributed by atoms with van der Waals surface area (Å²) >= 11 is 0. The molecular formula is C142H326O8. The van der Waals surface area contributed by atoms with Gasteiger partial charge in [-0.1, -0.05) is 830 Å². The Balaban J connectivity index is -0.0000000472. The van der Waals surface area contributed by atoms with Crippen LogP contribution in [0.25, 0.3) is 0 Å². The maximum atomic E-state index is 9.82. The minimum atomic E-state index is -0.211. The molecule has 0 aliphatic heterocycles. The SMILES string of the molecule is CCCCCC.CCCCCC.CCCCCC.CCCCCC.CCCCCC.CCCCCC.CCCCCC.CCCCCC.CCCCCC.CCCCCC.CCCCCC.CCCCCC.CCCCCC.CCCCCC.CCCCCC.CCCCCC.CCCCCC.CCCCCC.CCCCCC.CCCCCC.CCCCCC.CCOC(C)=O.CCOC(C)=O.CCOC(C)=O.CCOC(C)=O. The van der Waals surface area contributed by atoms with Crippen molar-refractivity contribution in [3.8, 4) is 0 Å². The van der Waals surface area contributed by atoms with E-state index in [9.17, 15) is 19.2 Å². The van der Waals surface area contributed by atoms with Crippen LogP contribution < -0.4 is 0 Å². The van der Waals surface area contributed by atoms with Gasteiger partial charge in [0.15, 0.2) is 0 Å². The normalized spacial score (nSPS) is 8.79. The van der Waals surface area contributed by atoms with Crippen LogP contribution in [0.1, 0.15) is 886 Å². The van der Waals surface area contributed by atoms with Crippen molar-refractivity contribution in [1.29, 1.82) is 0 Å². The van der Waals surface area contributed by atoms with Crippen LogP contribution >= 0.6 is 0 Å². The van der Waals surface area contributed by atoms with Crippen molar-refractivity contribution in [2.45, 2.75) is 886 Å². The van der Waals surface area contributed by atoms with Gasteiger partial charge in [0.2, 0.25) is 0 Å². The topological polar surface area (TPSA) is 105 Å². The Morgan fingerprint density at radius 3 is 0.127 bits per heavy atom. The van der Waals surface area contributed by atoms with E-state index in [1.54, 1.807) is 27.7 Å². The summed E-state index contributed by atoms with van der Waals surface area (Å²) in [6.07, 6.45) is 116. The average molecular weight is 2160 g/mol. The molecule has 0 spiro atoms. The van der Waals surface area contributed by atoms with Crippen molar-refractivity contribution >= 4 is 23.9 Å². The van der Waals surface area contributed by atoms with Crippen LogP contribution in [0, 0.1) is 0 Å². The number of hydrogen-bond donors (Lipinski definition) is 0. The predicted octanol–water partition coefficient (Wildman–Crippen LogP) is 56.6. The van der Waals surface area contributed by atoms with E-state index in [1.807, 2.05) is 0 Å². The molecule has 0 amide bonds. The van der Waals surface area contributed by atoms with Crippen LogP contribution in [0.2, 0.25) is 0 Å². The third-order valence-corrected chi connectivity index (χ3v) is 21.5. The molecule has 0 aliphatic carbocycles. The molecule has 0 aromatic carbocycles. The molecule has 0 saturated carbocycles. The number of hydrogen-bond acceptors (Lipinski definition) is 8. The molecule has 0 saturated heterocycles. The molecule has 0 N–H and O–H groups in total. The maximum Gasteiger partial charge on any atom is 0.302 e. The Labute approximate surface area is 967 Å². The van der Waals surface area contributed by atoms with Crippen LogP contribution in [0.15, 0.2) is 0 Å². The maximum absolute atomic E-state index is 9.82. The van der Waals surface area contributed by atoms with Crippen LogP contribution in [0.4, 0.5) is 0 Å². The van der Waals surface area contributed by atoms with E-state index < -0.39 is 0 Å². The number of rotatable bonds is 67. The Morgan fingerprint density at radius 2 is 0.120 bits per heavy atom. The number of carbonyl (C=O) groups is 4. The number of ether oxygens (including phenoxy) is 4. The van der Waals surface area contributed by atoms with Crippen LogP contribution in [0.3, 0.4) is 0 Å². The fourth-order valence-corrected chi connectivity index (χ4v) is 11.3. The summed E-state index contributed by atoms with van der Waals surface area (Å²) in [6, 6.07) is 0. The Kier molecular flexibility index (Phi) is 424. The summed E-state index contributed by atoms with van der Waals surface area (Å²) in [5, 5.41) is 0. The Morgan fingerprint density at radius 1 is 0.0867 bits per heavy atom. The van der Waals surface area contributed by atoms with Gasteiger partial charge in [-0.05, 0) is 27.7 Å². The lowest BCUT2D eigenvalue weighted by atomic mass is 10.2. The van der Waals surface area contributed by atoms with Crippen LogP contribution in [0.5, 0.6) is 0 Å². The second-order valence-corrected chi connectivity index (χ2v) is 39.5. The first-order valence-corrected chi connectivity index (χ1v) is 68.8. The van der Waals surface area contributed by atoms with E-state index in [2.05, 4.69) is 310 Å². The lowest BCUT2D eigenvalue weighted by Crippen LogP contribution is -1.95. The van der Waals surface area contributed by atoms with Gasteiger partial charge in [-0.2, -0.15) is 0 Å². The molecule has 0 radical (unpaired) electrons. The number of esters is 4. The molecule has 0 unspecified atom stereocenters. The zero-order valence-electron chi connectivity index (χ0n) is 117. The monoisotopic (exact) mass is 2160 g/mol. The quantitative estimate of drug-likeness (QED) is 0.0337. The second kappa shape index (κ2) is 301. The number of carbonyl (C=O) groups excluding carboxylic acids is 4. The largest absolute Gasteiger partial charge is 0.466 e. The summed E-state index contributed by atoms with van der Waals surface area (Å²) in [6.45, 7) is 108. The van der Waals surface area contributed by atoms with E-state index in [1.165, 1.54) is 567 Å². The first-order chi connectivity index (χ1) is 72.3. The minimum absolute atomic E-state index is 0.211. The van der Waals surface area contributed by atoms with Crippen molar-refractivity contribution < 1.29 is 38.1 Å². The standard InChI is InChI=1S/21C6H14.4C4H8O2/c21*1-3-5-6-4-2;4*1-3-6-4(2)5/h21*3-6H2,1-2H3;4*3H2,1-2H3. The fourth-order valence-electron chi connectivity index (χ4n) is 11.3. The van der Waals surface area contributed by atoms with Gasteiger partial charge in [-0.25, -0.2) is 0 Å².